The fraction of sp³-hybridized carbons (Fsp3) is 0.818. The lowest BCUT2D eigenvalue weighted by atomic mass is 9.39. The Labute approximate surface area is 78.5 Å². The molecule has 0 saturated carbocycles. The van der Waals surface area contributed by atoms with E-state index < -0.39 is 0 Å². The van der Waals surface area contributed by atoms with Crippen molar-refractivity contribution >= 4 is 6.71 Å². The molecule has 70 valence electrons. The summed E-state index contributed by atoms with van der Waals surface area (Å²) in [6, 6.07) is 0. The molecule has 0 aliphatic carbocycles. The third-order valence-corrected chi connectivity index (χ3v) is 2.94. The predicted octanol–water partition coefficient (Wildman–Crippen LogP) is 4.20. The summed E-state index contributed by atoms with van der Waals surface area (Å²) in [7, 11) is 0. The van der Waals surface area contributed by atoms with Gasteiger partial charge in [0.05, 0.1) is 0 Å². The first kappa shape index (κ1) is 11.8. The normalized spacial score (nSPS) is 12.8. The van der Waals surface area contributed by atoms with Crippen molar-refractivity contribution in [2.24, 2.45) is 0 Å². The van der Waals surface area contributed by atoms with E-state index >= 15 is 0 Å². The maximum absolute atomic E-state index is 2.30. The van der Waals surface area contributed by atoms with Crippen molar-refractivity contribution in [1.29, 1.82) is 0 Å². The maximum atomic E-state index is 2.30. The van der Waals surface area contributed by atoms with Crippen LogP contribution in [0.2, 0.25) is 12.6 Å². The third-order valence-electron chi connectivity index (χ3n) is 2.94. The van der Waals surface area contributed by atoms with Gasteiger partial charge in [0.25, 0.3) is 0 Å². The van der Waals surface area contributed by atoms with Crippen LogP contribution >= 0.6 is 0 Å². The van der Waals surface area contributed by atoms with Crippen LogP contribution in [0.1, 0.15) is 47.5 Å². The molecule has 0 saturated heterocycles. The molecule has 0 heterocycles. The van der Waals surface area contributed by atoms with Crippen LogP contribution in [-0.2, 0) is 0 Å². The SMILES string of the molecule is CCB(CC)/C(CC)=C(\C)CC. The molecule has 0 aliphatic heterocycles. The lowest BCUT2D eigenvalue weighted by Gasteiger charge is -2.15. The monoisotopic (exact) mass is 166 g/mol. The van der Waals surface area contributed by atoms with E-state index in [4.69, 9.17) is 0 Å². The fourth-order valence-corrected chi connectivity index (χ4v) is 1.95. The standard InChI is InChI=1S/C11H23B/c1-6-10(5)11(7-2)12(8-3)9-4/h6-9H2,1-5H3/b11-10+. The Morgan fingerprint density at radius 1 is 0.917 bits per heavy atom. The third kappa shape index (κ3) is 3.04. The zero-order chi connectivity index (χ0) is 9.56. The highest BCUT2D eigenvalue weighted by molar-refractivity contribution is 6.66. The van der Waals surface area contributed by atoms with Gasteiger partial charge in [-0.15, -0.1) is 5.47 Å². The summed E-state index contributed by atoms with van der Waals surface area (Å²) in [6.45, 7) is 12.3. The largest absolute Gasteiger partial charge is 0.169 e. The van der Waals surface area contributed by atoms with Crippen LogP contribution in [0.25, 0.3) is 0 Å². The first-order valence-electron chi connectivity index (χ1n) is 5.39. The van der Waals surface area contributed by atoms with Crippen molar-refractivity contribution < 1.29 is 0 Å². The van der Waals surface area contributed by atoms with E-state index in [9.17, 15) is 0 Å². The second kappa shape index (κ2) is 6.34. The van der Waals surface area contributed by atoms with E-state index in [1.165, 1.54) is 25.5 Å². The lowest BCUT2D eigenvalue weighted by Crippen LogP contribution is -2.14. The van der Waals surface area contributed by atoms with Crippen molar-refractivity contribution in [3.8, 4) is 0 Å². The molecule has 12 heavy (non-hydrogen) atoms. The molecule has 0 spiro atoms. The summed E-state index contributed by atoms with van der Waals surface area (Å²) in [5.74, 6) is 0. The molecule has 0 aromatic rings. The lowest BCUT2D eigenvalue weighted by molar-refractivity contribution is 1.02. The average Bonchev–Trinajstić information content (AvgIpc) is 2.12. The minimum absolute atomic E-state index is 0.843. The topological polar surface area (TPSA) is 0 Å². The molecule has 0 radical (unpaired) electrons. The molecule has 1 heteroatoms. The Hall–Kier alpha value is -0.195. The van der Waals surface area contributed by atoms with Crippen molar-refractivity contribution in [3.63, 3.8) is 0 Å². The molecule has 0 aromatic carbocycles. The van der Waals surface area contributed by atoms with Crippen LogP contribution in [0, 0.1) is 0 Å². The smallest absolute Gasteiger partial charge is 0.102 e. The molecular weight excluding hydrogens is 143 g/mol. The van der Waals surface area contributed by atoms with Gasteiger partial charge in [0.2, 0.25) is 0 Å². The Kier molecular flexibility index (Phi) is 6.23. The predicted molar refractivity (Wildman–Crippen MR) is 60.0 cm³/mol. The quantitative estimate of drug-likeness (QED) is 0.537. The summed E-state index contributed by atoms with van der Waals surface area (Å²) < 4.78 is 0. The van der Waals surface area contributed by atoms with Gasteiger partial charge in [-0.2, -0.15) is 0 Å². The van der Waals surface area contributed by atoms with Crippen LogP contribution in [0.15, 0.2) is 11.0 Å². The maximum Gasteiger partial charge on any atom is 0.169 e. The van der Waals surface area contributed by atoms with E-state index in [0.717, 1.165) is 6.71 Å². The highest BCUT2D eigenvalue weighted by atomic mass is 14.0. The first-order chi connectivity index (χ1) is 5.71. The summed E-state index contributed by atoms with van der Waals surface area (Å²) in [5, 5.41) is 0. The van der Waals surface area contributed by atoms with Gasteiger partial charge in [-0.25, -0.2) is 0 Å². The number of hydrogen-bond donors (Lipinski definition) is 0. The number of rotatable bonds is 5. The first-order valence-corrected chi connectivity index (χ1v) is 5.39. The summed E-state index contributed by atoms with van der Waals surface area (Å²) in [6.07, 6.45) is 5.07. The Morgan fingerprint density at radius 3 is 1.67 bits per heavy atom. The van der Waals surface area contributed by atoms with Gasteiger partial charge < -0.3 is 0 Å². The van der Waals surface area contributed by atoms with Gasteiger partial charge in [-0.1, -0.05) is 45.9 Å². The van der Waals surface area contributed by atoms with Crippen LogP contribution in [-0.4, -0.2) is 6.71 Å². The van der Waals surface area contributed by atoms with Gasteiger partial charge in [-0.3, -0.25) is 0 Å². The molecule has 0 amide bonds. The van der Waals surface area contributed by atoms with Gasteiger partial charge in [0.15, 0.2) is 6.71 Å². The Morgan fingerprint density at radius 2 is 1.42 bits per heavy atom. The number of hydrogen-bond acceptors (Lipinski definition) is 0. The molecule has 0 aliphatic rings. The van der Waals surface area contributed by atoms with Gasteiger partial charge in [0, 0.05) is 0 Å². The second-order valence-electron chi connectivity index (χ2n) is 3.53. The van der Waals surface area contributed by atoms with E-state index in [-0.39, 0.29) is 0 Å². The second-order valence-corrected chi connectivity index (χ2v) is 3.53. The Balaban J connectivity index is 4.50. The van der Waals surface area contributed by atoms with Crippen molar-refractivity contribution in [2.75, 3.05) is 0 Å². The molecule has 0 N–H and O–H groups in total. The van der Waals surface area contributed by atoms with E-state index in [2.05, 4.69) is 34.6 Å². The highest BCUT2D eigenvalue weighted by Gasteiger charge is 2.14. The molecule has 0 atom stereocenters. The van der Waals surface area contributed by atoms with Crippen LogP contribution < -0.4 is 0 Å². The summed E-state index contributed by atoms with van der Waals surface area (Å²) >= 11 is 0. The molecule has 0 rings (SSSR count). The van der Waals surface area contributed by atoms with Crippen molar-refractivity contribution in [1.82, 2.24) is 0 Å². The minimum atomic E-state index is 0.843. The summed E-state index contributed by atoms with van der Waals surface area (Å²) in [4.78, 5) is 0. The molecular formula is C11H23B. The van der Waals surface area contributed by atoms with Crippen molar-refractivity contribution in [2.45, 2.75) is 60.1 Å². The molecule has 0 unspecified atom stereocenters. The number of allylic oxidation sites excluding steroid dienone is 2. The van der Waals surface area contributed by atoms with Gasteiger partial charge in [0.1, 0.15) is 0 Å². The van der Waals surface area contributed by atoms with Crippen molar-refractivity contribution in [3.05, 3.63) is 11.0 Å². The average molecular weight is 166 g/mol. The van der Waals surface area contributed by atoms with E-state index in [1.54, 1.807) is 11.0 Å². The van der Waals surface area contributed by atoms with Crippen LogP contribution in [0.3, 0.4) is 0 Å². The molecule has 0 nitrogen and oxygen atoms in total. The molecule has 0 fully saturated rings. The Bertz CT molecular complexity index is 143. The summed E-state index contributed by atoms with van der Waals surface area (Å²) in [5.41, 5.74) is 3.33. The van der Waals surface area contributed by atoms with Crippen LogP contribution in [0.4, 0.5) is 0 Å². The zero-order valence-corrected chi connectivity index (χ0v) is 9.41. The minimum Gasteiger partial charge on any atom is -0.102 e. The fourth-order valence-electron chi connectivity index (χ4n) is 1.95. The van der Waals surface area contributed by atoms with Gasteiger partial charge >= 0.3 is 0 Å². The molecule has 0 bridgehead atoms. The van der Waals surface area contributed by atoms with Crippen LogP contribution in [0.5, 0.6) is 0 Å². The highest BCUT2D eigenvalue weighted by Crippen LogP contribution is 2.19. The molecule has 0 aromatic heterocycles. The van der Waals surface area contributed by atoms with Gasteiger partial charge in [-0.05, 0) is 19.8 Å². The van der Waals surface area contributed by atoms with E-state index in [0.29, 0.717) is 0 Å². The zero-order valence-electron chi connectivity index (χ0n) is 9.41. The van der Waals surface area contributed by atoms with E-state index in [1.807, 2.05) is 0 Å².